The third kappa shape index (κ3) is 1.83. The van der Waals surface area contributed by atoms with Gasteiger partial charge in [0.1, 0.15) is 0 Å². The first kappa shape index (κ1) is 12.1. The van der Waals surface area contributed by atoms with Gasteiger partial charge in [-0.15, -0.1) is 0 Å². The zero-order valence-corrected chi connectivity index (χ0v) is 11.5. The fourth-order valence-electron chi connectivity index (χ4n) is 2.85. The van der Waals surface area contributed by atoms with Gasteiger partial charge in [0.15, 0.2) is 11.1 Å². The second-order valence-corrected chi connectivity index (χ2v) is 5.11. The van der Waals surface area contributed by atoms with E-state index in [-0.39, 0.29) is 5.43 Å². The van der Waals surface area contributed by atoms with Crippen molar-refractivity contribution < 1.29 is 4.74 Å². The van der Waals surface area contributed by atoms with Crippen molar-refractivity contribution in [2.24, 2.45) is 0 Å². The van der Waals surface area contributed by atoms with E-state index in [1.807, 2.05) is 41.0 Å². The molecule has 0 aliphatic carbocycles. The Bertz CT molecular complexity index is 869. The standard InChI is InChI=1S/C17H14N2O2/c20-15-13-8-4-10-18-16(13)19(12-6-2-1-3-7-12)17-14(15)9-5-11-21-17/h1-4,6-8,10H,5,9,11H2. The summed E-state index contributed by atoms with van der Waals surface area (Å²) in [5.41, 5.74) is 2.40. The number of nitrogens with zero attached hydrogens (tertiary/aromatic N) is 2. The lowest BCUT2D eigenvalue weighted by Gasteiger charge is -2.23. The van der Waals surface area contributed by atoms with Gasteiger partial charge in [-0.1, -0.05) is 18.2 Å². The summed E-state index contributed by atoms with van der Waals surface area (Å²) < 4.78 is 7.77. The highest BCUT2D eigenvalue weighted by Crippen LogP contribution is 2.29. The summed E-state index contributed by atoms with van der Waals surface area (Å²) in [5.74, 6) is 0.642. The van der Waals surface area contributed by atoms with Crippen molar-refractivity contribution in [2.75, 3.05) is 6.61 Å². The van der Waals surface area contributed by atoms with Gasteiger partial charge in [0.25, 0.3) is 0 Å². The fraction of sp³-hybridized carbons (Fsp3) is 0.176. The van der Waals surface area contributed by atoms with Gasteiger partial charge in [-0.25, -0.2) is 4.98 Å². The predicted molar refractivity (Wildman–Crippen MR) is 81.2 cm³/mol. The maximum Gasteiger partial charge on any atom is 0.207 e. The Morgan fingerprint density at radius 2 is 1.95 bits per heavy atom. The summed E-state index contributed by atoms with van der Waals surface area (Å²) >= 11 is 0. The van der Waals surface area contributed by atoms with Crippen LogP contribution < -0.4 is 10.2 Å². The Morgan fingerprint density at radius 3 is 2.81 bits per heavy atom. The quantitative estimate of drug-likeness (QED) is 0.687. The van der Waals surface area contributed by atoms with Crippen LogP contribution in [0.25, 0.3) is 16.7 Å². The molecule has 3 heterocycles. The molecule has 1 aliphatic heterocycles. The Labute approximate surface area is 121 Å². The average molecular weight is 278 g/mol. The molecule has 0 amide bonds. The minimum atomic E-state index is 0.0416. The molecular weight excluding hydrogens is 264 g/mol. The van der Waals surface area contributed by atoms with Gasteiger partial charge in [-0.2, -0.15) is 0 Å². The van der Waals surface area contributed by atoms with Crippen LogP contribution in [0, 0.1) is 0 Å². The van der Waals surface area contributed by atoms with Crippen molar-refractivity contribution in [3.63, 3.8) is 0 Å². The molecular formula is C17H14N2O2. The minimum Gasteiger partial charge on any atom is -0.478 e. The molecule has 0 saturated carbocycles. The summed E-state index contributed by atoms with van der Waals surface area (Å²) in [5, 5.41) is 0.644. The number of pyridine rings is 2. The third-order valence-corrected chi connectivity index (χ3v) is 3.80. The molecule has 4 rings (SSSR count). The fourth-order valence-corrected chi connectivity index (χ4v) is 2.85. The lowest BCUT2D eigenvalue weighted by Crippen LogP contribution is -2.23. The summed E-state index contributed by atoms with van der Waals surface area (Å²) in [4.78, 5) is 17.0. The molecule has 1 aliphatic rings. The van der Waals surface area contributed by atoms with Gasteiger partial charge < -0.3 is 4.74 Å². The van der Waals surface area contributed by atoms with E-state index in [1.165, 1.54) is 0 Å². The second-order valence-electron chi connectivity index (χ2n) is 5.11. The van der Waals surface area contributed by atoms with Crippen LogP contribution in [0.5, 0.6) is 5.88 Å². The van der Waals surface area contributed by atoms with Gasteiger partial charge in [0, 0.05) is 6.20 Å². The molecule has 3 aromatic rings. The second kappa shape index (κ2) is 4.74. The molecule has 0 fully saturated rings. The molecule has 0 unspecified atom stereocenters. The van der Waals surface area contributed by atoms with Crippen LogP contribution in [0.3, 0.4) is 0 Å². The molecule has 0 atom stereocenters. The van der Waals surface area contributed by atoms with Crippen LogP contribution in [-0.2, 0) is 6.42 Å². The lowest BCUT2D eigenvalue weighted by atomic mass is 10.1. The molecule has 4 heteroatoms. The molecule has 0 spiro atoms. The van der Waals surface area contributed by atoms with Crippen LogP contribution >= 0.6 is 0 Å². The van der Waals surface area contributed by atoms with Gasteiger partial charge in [-0.05, 0) is 37.1 Å². The Kier molecular flexibility index (Phi) is 2.74. The number of para-hydroxylation sites is 1. The van der Waals surface area contributed by atoms with Gasteiger partial charge in [0.05, 0.1) is 23.2 Å². The first-order valence-electron chi connectivity index (χ1n) is 7.07. The highest BCUT2D eigenvalue weighted by molar-refractivity contribution is 5.79. The average Bonchev–Trinajstić information content (AvgIpc) is 2.56. The molecule has 1 aromatic carbocycles. The molecule has 104 valence electrons. The van der Waals surface area contributed by atoms with Crippen LogP contribution in [-0.4, -0.2) is 16.2 Å². The van der Waals surface area contributed by atoms with Crippen LogP contribution in [0.1, 0.15) is 12.0 Å². The Hall–Kier alpha value is -2.62. The lowest BCUT2D eigenvalue weighted by molar-refractivity contribution is 0.270. The monoisotopic (exact) mass is 278 g/mol. The first-order chi connectivity index (χ1) is 10.4. The van der Waals surface area contributed by atoms with Gasteiger partial charge in [0.2, 0.25) is 5.88 Å². The summed E-state index contributed by atoms with van der Waals surface area (Å²) in [6, 6.07) is 13.5. The van der Waals surface area contributed by atoms with Crippen LogP contribution in [0.4, 0.5) is 0 Å². The van der Waals surface area contributed by atoms with Crippen molar-refractivity contribution in [1.29, 1.82) is 0 Å². The highest BCUT2D eigenvalue weighted by Gasteiger charge is 2.22. The van der Waals surface area contributed by atoms with Crippen LogP contribution in [0.15, 0.2) is 53.5 Å². The summed E-state index contributed by atoms with van der Waals surface area (Å²) in [6.07, 6.45) is 3.34. The number of aromatic nitrogens is 2. The topological polar surface area (TPSA) is 44.1 Å². The highest BCUT2D eigenvalue weighted by atomic mass is 16.5. The predicted octanol–water partition coefficient (Wildman–Crippen LogP) is 2.71. The molecule has 2 aromatic heterocycles. The van der Waals surface area contributed by atoms with E-state index in [2.05, 4.69) is 4.98 Å². The van der Waals surface area contributed by atoms with E-state index in [1.54, 1.807) is 12.3 Å². The van der Waals surface area contributed by atoms with Crippen molar-refractivity contribution in [1.82, 2.24) is 9.55 Å². The number of ether oxygens (including phenoxy) is 1. The molecule has 0 bridgehead atoms. The van der Waals surface area contributed by atoms with E-state index >= 15 is 0 Å². The smallest absolute Gasteiger partial charge is 0.207 e. The Morgan fingerprint density at radius 1 is 1.10 bits per heavy atom. The molecule has 0 radical (unpaired) electrons. The zero-order chi connectivity index (χ0) is 14.2. The Balaban J connectivity index is 2.18. The van der Waals surface area contributed by atoms with Crippen molar-refractivity contribution >= 4 is 11.0 Å². The van der Waals surface area contributed by atoms with Crippen LogP contribution in [0.2, 0.25) is 0 Å². The summed E-state index contributed by atoms with van der Waals surface area (Å²) in [6.45, 7) is 0.637. The molecule has 21 heavy (non-hydrogen) atoms. The number of hydrogen-bond acceptors (Lipinski definition) is 3. The van der Waals surface area contributed by atoms with E-state index in [0.29, 0.717) is 23.5 Å². The number of hydrogen-bond donors (Lipinski definition) is 0. The zero-order valence-electron chi connectivity index (χ0n) is 11.5. The largest absolute Gasteiger partial charge is 0.478 e. The van der Waals surface area contributed by atoms with Gasteiger partial charge in [-0.3, -0.25) is 9.36 Å². The van der Waals surface area contributed by atoms with Crippen molar-refractivity contribution in [3.05, 3.63) is 64.4 Å². The molecule has 0 N–H and O–H groups in total. The molecule has 0 saturated heterocycles. The minimum absolute atomic E-state index is 0.0416. The van der Waals surface area contributed by atoms with Gasteiger partial charge >= 0.3 is 0 Å². The SMILES string of the molecule is O=c1c2c(n(-c3ccccc3)c3ncccc13)OCCC2. The first-order valence-corrected chi connectivity index (χ1v) is 7.07. The molecule has 4 nitrogen and oxygen atoms in total. The maximum absolute atomic E-state index is 12.6. The van der Waals surface area contributed by atoms with E-state index in [4.69, 9.17) is 4.74 Å². The van der Waals surface area contributed by atoms with E-state index < -0.39 is 0 Å². The van der Waals surface area contributed by atoms with E-state index in [9.17, 15) is 4.79 Å². The van der Waals surface area contributed by atoms with Crippen molar-refractivity contribution in [2.45, 2.75) is 12.8 Å². The summed E-state index contributed by atoms with van der Waals surface area (Å²) in [7, 11) is 0. The number of benzene rings is 1. The maximum atomic E-state index is 12.6. The van der Waals surface area contributed by atoms with Crippen molar-refractivity contribution in [3.8, 4) is 11.6 Å². The van der Waals surface area contributed by atoms with E-state index in [0.717, 1.165) is 24.1 Å². The number of rotatable bonds is 1. The normalized spacial score (nSPS) is 13.7. The number of fused-ring (bicyclic) bond motifs is 2. The third-order valence-electron chi connectivity index (χ3n) is 3.80.